The molecule has 2 rings (SSSR count). The van der Waals surface area contributed by atoms with Gasteiger partial charge in [0.1, 0.15) is 0 Å². The zero-order chi connectivity index (χ0) is 16.0. The lowest BCUT2D eigenvalue weighted by Crippen LogP contribution is -2.43. The molecule has 128 valence electrons. The Morgan fingerprint density at radius 3 is 2.36 bits per heavy atom. The van der Waals surface area contributed by atoms with Gasteiger partial charge in [0, 0.05) is 31.1 Å². The summed E-state index contributed by atoms with van der Waals surface area (Å²) in [5.74, 6) is 3.27. The van der Waals surface area contributed by atoms with Crippen molar-refractivity contribution in [3.63, 3.8) is 0 Å². The molecule has 0 aromatic carbocycles. The van der Waals surface area contributed by atoms with Gasteiger partial charge in [0.15, 0.2) is 5.96 Å². The summed E-state index contributed by atoms with van der Waals surface area (Å²) in [4.78, 5) is 8.05. The number of guanidine groups is 1. The van der Waals surface area contributed by atoms with Crippen LogP contribution < -0.4 is 5.73 Å². The van der Waals surface area contributed by atoms with Gasteiger partial charge in [0.05, 0.1) is 6.54 Å². The maximum Gasteiger partial charge on any atom is 0.401 e. The number of likely N-dealkylation sites (tertiary alicyclic amines) is 1. The van der Waals surface area contributed by atoms with Crippen LogP contribution in [0.25, 0.3) is 0 Å². The molecule has 0 bridgehead atoms. The van der Waals surface area contributed by atoms with Crippen molar-refractivity contribution in [2.24, 2.45) is 16.6 Å². The van der Waals surface area contributed by atoms with Crippen molar-refractivity contribution in [3.8, 4) is 0 Å². The van der Waals surface area contributed by atoms with E-state index in [-0.39, 0.29) is 0 Å². The van der Waals surface area contributed by atoms with Crippen LogP contribution in [0.5, 0.6) is 0 Å². The predicted octanol–water partition coefficient (Wildman–Crippen LogP) is 2.01. The third kappa shape index (κ3) is 6.24. The summed E-state index contributed by atoms with van der Waals surface area (Å²) in [5, 5.41) is 0. The lowest BCUT2D eigenvalue weighted by Gasteiger charge is -2.32. The van der Waals surface area contributed by atoms with Gasteiger partial charge < -0.3 is 10.6 Å². The maximum atomic E-state index is 12.3. The SMILES string of the molecule is NC(=NCCC1CCN(CC(F)(F)F)CC1)N1CCSCC1. The summed E-state index contributed by atoms with van der Waals surface area (Å²) in [6.07, 6.45) is -1.51. The van der Waals surface area contributed by atoms with Crippen LogP contribution in [0.3, 0.4) is 0 Å². The van der Waals surface area contributed by atoms with Crippen LogP contribution in [-0.4, -0.2) is 72.7 Å². The van der Waals surface area contributed by atoms with E-state index in [1.165, 1.54) is 4.90 Å². The first-order valence-electron chi connectivity index (χ1n) is 7.86. The van der Waals surface area contributed by atoms with Gasteiger partial charge in [-0.25, -0.2) is 0 Å². The summed E-state index contributed by atoms with van der Waals surface area (Å²) in [6.45, 7) is 2.88. The molecule has 0 aliphatic carbocycles. The minimum absolute atomic E-state index is 0.470. The van der Waals surface area contributed by atoms with E-state index >= 15 is 0 Å². The van der Waals surface area contributed by atoms with Gasteiger partial charge in [-0.1, -0.05) is 0 Å². The lowest BCUT2D eigenvalue weighted by atomic mass is 9.93. The van der Waals surface area contributed by atoms with Crippen LogP contribution in [0.2, 0.25) is 0 Å². The number of aliphatic imine (C=N–C) groups is 1. The van der Waals surface area contributed by atoms with E-state index in [0.29, 0.717) is 31.5 Å². The molecule has 2 heterocycles. The van der Waals surface area contributed by atoms with E-state index in [4.69, 9.17) is 5.73 Å². The minimum atomic E-state index is -4.09. The smallest absolute Gasteiger partial charge is 0.370 e. The predicted molar refractivity (Wildman–Crippen MR) is 85.2 cm³/mol. The molecule has 2 aliphatic heterocycles. The third-order valence-electron chi connectivity index (χ3n) is 4.26. The highest BCUT2D eigenvalue weighted by molar-refractivity contribution is 7.99. The van der Waals surface area contributed by atoms with E-state index < -0.39 is 12.7 Å². The molecular formula is C14H25F3N4S. The van der Waals surface area contributed by atoms with Gasteiger partial charge in [0.2, 0.25) is 0 Å². The van der Waals surface area contributed by atoms with Crippen molar-refractivity contribution < 1.29 is 13.2 Å². The quantitative estimate of drug-likeness (QED) is 0.629. The molecule has 0 atom stereocenters. The molecule has 8 heteroatoms. The van der Waals surface area contributed by atoms with Gasteiger partial charge in [-0.3, -0.25) is 9.89 Å². The average molecular weight is 338 g/mol. The molecular weight excluding hydrogens is 313 g/mol. The fourth-order valence-corrected chi connectivity index (χ4v) is 3.84. The Labute approximate surface area is 134 Å². The van der Waals surface area contributed by atoms with Crippen molar-refractivity contribution in [3.05, 3.63) is 0 Å². The van der Waals surface area contributed by atoms with Crippen molar-refractivity contribution in [2.45, 2.75) is 25.4 Å². The van der Waals surface area contributed by atoms with Crippen molar-refractivity contribution >= 4 is 17.7 Å². The first-order chi connectivity index (χ1) is 10.4. The summed E-state index contributed by atoms with van der Waals surface area (Å²) in [7, 11) is 0. The van der Waals surface area contributed by atoms with E-state index in [1.54, 1.807) is 0 Å². The normalized spacial score (nSPS) is 23.0. The van der Waals surface area contributed by atoms with Crippen molar-refractivity contribution in [2.75, 3.05) is 50.8 Å². The topological polar surface area (TPSA) is 44.9 Å². The van der Waals surface area contributed by atoms with E-state index in [1.807, 2.05) is 11.8 Å². The second kappa shape index (κ2) is 8.29. The fourth-order valence-electron chi connectivity index (χ4n) is 2.94. The first-order valence-corrected chi connectivity index (χ1v) is 9.01. The number of piperidine rings is 1. The van der Waals surface area contributed by atoms with E-state index in [0.717, 1.165) is 43.9 Å². The van der Waals surface area contributed by atoms with Gasteiger partial charge in [-0.2, -0.15) is 24.9 Å². The third-order valence-corrected chi connectivity index (χ3v) is 5.20. The fraction of sp³-hybridized carbons (Fsp3) is 0.929. The maximum absolute atomic E-state index is 12.3. The number of halogens is 3. The Kier molecular flexibility index (Phi) is 6.67. The van der Waals surface area contributed by atoms with Gasteiger partial charge in [0.25, 0.3) is 0 Å². The average Bonchev–Trinajstić information content (AvgIpc) is 2.48. The molecule has 0 unspecified atom stereocenters. The van der Waals surface area contributed by atoms with Crippen LogP contribution in [0, 0.1) is 5.92 Å². The monoisotopic (exact) mass is 338 g/mol. The second-order valence-electron chi connectivity index (χ2n) is 5.96. The molecule has 2 fully saturated rings. The molecule has 2 aliphatic rings. The largest absolute Gasteiger partial charge is 0.401 e. The number of rotatable bonds is 4. The summed E-state index contributed by atoms with van der Waals surface area (Å²) < 4.78 is 37.0. The molecule has 0 saturated carbocycles. The summed E-state index contributed by atoms with van der Waals surface area (Å²) >= 11 is 1.93. The number of hydrogen-bond acceptors (Lipinski definition) is 3. The molecule has 0 radical (unpaired) electrons. The van der Waals surface area contributed by atoms with E-state index in [9.17, 15) is 13.2 Å². The summed E-state index contributed by atoms with van der Waals surface area (Å²) in [5.41, 5.74) is 5.99. The van der Waals surface area contributed by atoms with Crippen LogP contribution in [0.15, 0.2) is 4.99 Å². The van der Waals surface area contributed by atoms with E-state index in [2.05, 4.69) is 9.89 Å². The Morgan fingerprint density at radius 1 is 1.14 bits per heavy atom. The number of nitrogens with zero attached hydrogens (tertiary/aromatic N) is 3. The second-order valence-corrected chi connectivity index (χ2v) is 7.19. The van der Waals surface area contributed by atoms with Crippen LogP contribution in [0.4, 0.5) is 13.2 Å². The van der Waals surface area contributed by atoms with Gasteiger partial charge in [-0.15, -0.1) is 0 Å². The highest BCUT2D eigenvalue weighted by atomic mass is 32.2. The van der Waals surface area contributed by atoms with Crippen LogP contribution >= 0.6 is 11.8 Å². The Hall–Kier alpha value is -0.630. The minimum Gasteiger partial charge on any atom is -0.370 e. The molecule has 22 heavy (non-hydrogen) atoms. The zero-order valence-electron chi connectivity index (χ0n) is 12.8. The number of nitrogens with two attached hydrogens (primary N) is 1. The molecule has 0 amide bonds. The lowest BCUT2D eigenvalue weighted by molar-refractivity contribution is -0.148. The Morgan fingerprint density at radius 2 is 1.77 bits per heavy atom. The highest BCUT2D eigenvalue weighted by Crippen LogP contribution is 2.24. The molecule has 0 aromatic heterocycles. The molecule has 2 saturated heterocycles. The summed E-state index contributed by atoms with van der Waals surface area (Å²) in [6, 6.07) is 0. The first kappa shape index (κ1) is 17.7. The molecule has 4 nitrogen and oxygen atoms in total. The zero-order valence-corrected chi connectivity index (χ0v) is 13.6. The Balaban J connectivity index is 1.64. The van der Waals surface area contributed by atoms with Crippen LogP contribution in [-0.2, 0) is 0 Å². The Bertz CT molecular complexity index is 362. The van der Waals surface area contributed by atoms with Gasteiger partial charge >= 0.3 is 6.18 Å². The highest BCUT2D eigenvalue weighted by Gasteiger charge is 2.32. The number of hydrogen-bond donors (Lipinski definition) is 1. The van der Waals surface area contributed by atoms with Crippen molar-refractivity contribution in [1.82, 2.24) is 9.80 Å². The molecule has 0 aromatic rings. The molecule has 0 spiro atoms. The number of alkyl halides is 3. The standard InChI is InChI=1S/C14H25F3N4S/c15-14(16,17)11-20-5-2-12(3-6-20)1-4-19-13(18)21-7-9-22-10-8-21/h12H,1-11H2,(H2,18,19). The van der Waals surface area contributed by atoms with Crippen molar-refractivity contribution in [1.29, 1.82) is 0 Å². The molecule has 2 N–H and O–H groups in total. The van der Waals surface area contributed by atoms with Crippen LogP contribution in [0.1, 0.15) is 19.3 Å². The number of thioether (sulfide) groups is 1. The van der Waals surface area contributed by atoms with Gasteiger partial charge in [-0.05, 0) is 38.3 Å².